The van der Waals surface area contributed by atoms with Crippen LogP contribution in [0, 0.1) is 10.1 Å². The number of nitrogens with one attached hydrogen (secondary N) is 1. The van der Waals surface area contributed by atoms with Crippen LogP contribution in [-0.4, -0.2) is 15.9 Å². The molecule has 2 rings (SSSR count). The molecule has 108 valence electrons. The molecule has 2 N–H and O–H groups in total. The average molecular weight is 286 g/mol. The largest absolute Gasteiger partial charge is 0.507 e. The normalized spacial score (nSPS) is 11.7. The SMILES string of the molecule is C[C@H](NC(=O)c1cc([N+](=O)[O-])ccc1O)c1ccccc1. The van der Waals surface area contributed by atoms with Crippen LogP contribution in [-0.2, 0) is 0 Å². The minimum absolute atomic E-state index is 0.119. The van der Waals surface area contributed by atoms with Crippen LogP contribution in [0.4, 0.5) is 5.69 Å². The van der Waals surface area contributed by atoms with Gasteiger partial charge in [-0.15, -0.1) is 0 Å². The van der Waals surface area contributed by atoms with Gasteiger partial charge in [0.2, 0.25) is 0 Å². The van der Waals surface area contributed by atoms with Gasteiger partial charge in [0.05, 0.1) is 16.5 Å². The summed E-state index contributed by atoms with van der Waals surface area (Å²) in [7, 11) is 0. The minimum atomic E-state index is -0.614. The fraction of sp³-hybridized carbons (Fsp3) is 0.133. The van der Waals surface area contributed by atoms with E-state index in [1.165, 1.54) is 0 Å². The first-order chi connectivity index (χ1) is 9.99. The zero-order valence-corrected chi connectivity index (χ0v) is 11.3. The zero-order chi connectivity index (χ0) is 15.4. The number of phenolic OH excluding ortho intramolecular Hbond substituents is 1. The maximum atomic E-state index is 12.1. The number of aromatic hydroxyl groups is 1. The molecule has 0 spiro atoms. The van der Waals surface area contributed by atoms with Crippen molar-refractivity contribution in [2.24, 2.45) is 0 Å². The Hall–Kier alpha value is -2.89. The highest BCUT2D eigenvalue weighted by Gasteiger charge is 2.18. The molecule has 21 heavy (non-hydrogen) atoms. The highest BCUT2D eigenvalue weighted by Crippen LogP contribution is 2.23. The summed E-state index contributed by atoms with van der Waals surface area (Å²) in [4.78, 5) is 22.2. The third-order valence-corrected chi connectivity index (χ3v) is 3.08. The summed E-state index contributed by atoms with van der Waals surface area (Å²) in [6.45, 7) is 1.79. The number of rotatable bonds is 4. The van der Waals surface area contributed by atoms with Crippen LogP contribution in [0.3, 0.4) is 0 Å². The van der Waals surface area contributed by atoms with Crippen molar-refractivity contribution in [2.75, 3.05) is 0 Å². The number of benzene rings is 2. The molecule has 0 bridgehead atoms. The zero-order valence-electron chi connectivity index (χ0n) is 11.3. The van der Waals surface area contributed by atoms with E-state index in [0.717, 1.165) is 23.8 Å². The molecule has 0 aromatic heterocycles. The predicted molar refractivity (Wildman–Crippen MR) is 77.1 cm³/mol. The van der Waals surface area contributed by atoms with E-state index >= 15 is 0 Å². The number of phenols is 1. The molecular formula is C15H14N2O4. The van der Waals surface area contributed by atoms with Crippen molar-refractivity contribution in [3.8, 4) is 5.75 Å². The number of hydrogen-bond acceptors (Lipinski definition) is 4. The van der Waals surface area contributed by atoms with Gasteiger partial charge in [0.15, 0.2) is 0 Å². The van der Waals surface area contributed by atoms with Crippen LogP contribution in [0.15, 0.2) is 48.5 Å². The number of carbonyl (C=O) groups is 1. The molecule has 0 saturated heterocycles. The lowest BCUT2D eigenvalue weighted by Gasteiger charge is -2.14. The Labute approximate surface area is 121 Å². The summed E-state index contributed by atoms with van der Waals surface area (Å²) in [5.41, 5.74) is 0.535. The molecule has 0 aliphatic heterocycles. The lowest BCUT2D eigenvalue weighted by atomic mass is 10.1. The molecule has 0 aliphatic rings. The van der Waals surface area contributed by atoms with Crippen LogP contribution in [0.1, 0.15) is 28.9 Å². The van der Waals surface area contributed by atoms with Gasteiger partial charge < -0.3 is 10.4 Å². The molecule has 2 aromatic carbocycles. The lowest BCUT2D eigenvalue weighted by molar-refractivity contribution is -0.384. The maximum Gasteiger partial charge on any atom is 0.270 e. The lowest BCUT2D eigenvalue weighted by Crippen LogP contribution is -2.26. The van der Waals surface area contributed by atoms with Crippen molar-refractivity contribution in [1.29, 1.82) is 0 Å². The van der Waals surface area contributed by atoms with Crippen LogP contribution >= 0.6 is 0 Å². The van der Waals surface area contributed by atoms with Gasteiger partial charge in [-0.05, 0) is 18.6 Å². The number of hydrogen-bond donors (Lipinski definition) is 2. The first kappa shape index (κ1) is 14.5. The van der Waals surface area contributed by atoms with Gasteiger partial charge in [-0.2, -0.15) is 0 Å². The summed E-state index contributed by atoms with van der Waals surface area (Å²) in [5, 5.41) is 23.1. The van der Waals surface area contributed by atoms with Crippen LogP contribution < -0.4 is 5.32 Å². The number of carbonyl (C=O) groups excluding carboxylic acids is 1. The van der Waals surface area contributed by atoms with Gasteiger partial charge in [-0.25, -0.2) is 0 Å². The standard InChI is InChI=1S/C15H14N2O4/c1-10(11-5-3-2-4-6-11)16-15(19)13-9-12(17(20)21)7-8-14(13)18/h2-10,18H,1H3,(H,16,19)/t10-/m0/s1. The number of nitro benzene ring substituents is 1. The second-order valence-electron chi connectivity index (χ2n) is 4.56. The molecule has 0 saturated carbocycles. The van der Waals surface area contributed by atoms with Gasteiger partial charge in [0.25, 0.3) is 11.6 Å². The van der Waals surface area contributed by atoms with E-state index < -0.39 is 10.8 Å². The van der Waals surface area contributed by atoms with E-state index in [2.05, 4.69) is 5.32 Å². The number of non-ortho nitro benzene ring substituents is 1. The molecule has 0 unspecified atom stereocenters. The van der Waals surface area contributed by atoms with E-state index in [1.54, 1.807) is 6.92 Å². The molecule has 6 heteroatoms. The van der Waals surface area contributed by atoms with Gasteiger partial charge in [0.1, 0.15) is 5.75 Å². The molecule has 1 amide bonds. The number of amides is 1. The smallest absolute Gasteiger partial charge is 0.270 e. The minimum Gasteiger partial charge on any atom is -0.507 e. The van der Waals surface area contributed by atoms with Gasteiger partial charge in [0, 0.05) is 12.1 Å². The Bertz CT molecular complexity index is 671. The van der Waals surface area contributed by atoms with E-state index in [-0.39, 0.29) is 23.0 Å². The Kier molecular flexibility index (Phi) is 4.18. The molecule has 0 radical (unpaired) electrons. The first-order valence-corrected chi connectivity index (χ1v) is 6.32. The third-order valence-electron chi connectivity index (χ3n) is 3.08. The summed E-state index contributed by atoms with van der Waals surface area (Å²) >= 11 is 0. The van der Waals surface area contributed by atoms with Crippen LogP contribution in [0.5, 0.6) is 5.75 Å². The Morgan fingerprint density at radius 3 is 2.52 bits per heavy atom. The highest BCUT2D eigenvalue weighted by molar-refractivity contribution is 5.97. The second-order valence-corrected chi connectivity index (χ2v) is 4.56. The molecule has 1 atom stereocenters. The topological polar surface area (TPSA) is 92.5 Å². The van der Waals surface area contributed by atoms with Crippen molar-refractivity contribution in [3.63, 3.8) is 0 Å². The Balaban J connectivity index is 2.21. The van der Waals surface area contributed by atoms with Crippen LogP contribution in [0.2, 0.25) is 0 Å². The molecular weight excluding hydrogens is 272 g/mol. The van der Waals surface area contributed by atoms with Crippen molar-refractivity contribution in [2.45, 2.75) is 13.0 Å². The monoisotopic (exact) mass is 286 g/mol. The van der Waals surface area contributed by atoms with Crippen molar-refractivity contribution in [1.82, 2.24) is 5.32 Å². The van der Waals surface area contributed by atoms with E-state index in [4.69, 9.17) is 0 Å². The van der Waals surface area contributed by atoms with Gasteiger partial charge in [-0.1, -0.05) is 30.3 Å². The van der Waals surface area contributed by atoms with Gasteiger partial charge in [-0.3, -0.25) is 14.9 Å². The Morgan fingerprint density at radius 1 is 1.24 bits per heavy atom. The summed E-state index contributed by atoms with van der Waals surface area (Å²) in [5.74, 6) is -0.856. The summed E-state index contributed by atoms with van der Waals surface area (Å²) in [6.07, 6.45) is 0. The molecule has 0 heterocycles. The summed E-state index contributed by atoms with van der Waals surface area (Å²) in [6, 6.07) is 12.3. The molecule has 2 aromatic rings. The molecule has 0 fully saturated rings. The van der Waals surface area contributed by atoms with Gasteiger partial charge >= 0.3 is 0 Å². The van der Waals surface area contributed by atoms with Crippen LogP contribution in [0.25, 0.3) is 0 Å². The molecule has 6 nitrogen and oxygen atoms in total. The quantitative estimate of drug-likeness (QED) is 0.667. The fourth-order valence-electron chi connectivity index (χ4n) is 1.92. The predicted octanol–water partition coefficient (Wildman–Crippen LogP) is 2.79. The first-order valence-electron chi connectivity index (χ1n) is 6.32. The maximum absolute atomic E-state index is 12.1. The van der Waals surface area contributed by atoms with E-state index in [9.17, 15) is 20.0 Å². The second kappa shape index (κ2) is 6.04. The average Bonchev–Trinajstić information content (AvgIpc) is 2.48. The number of nitro groups is 1. The van der Waals surface area contributed by atoms with Crippen molar-refractivity contribution in [3.05, 3.63) is 69.8 Å². The summed E-state index contributed by atoms with van der Waals surface area (Å²) < 4.78 is 0. The number of nitrogens with zero attached hydrogens (tertiary/aromatic N) is 1. The fourth-order valence-corrected chi connectivity index (χ4v) is 1.92. The van der Waals surface area contributed by atoms with Crippen molar-refractivity contribution < 1.29 is 14.8 Å². The van der Waals surface area contributed by atoms with E-state index in [0.29, 0.717) is 0 Å². The highest BCUT2D eigenvalue weighted by atomic mass is 16.6. The Morgan fingerprint density at radius 2 is 1.90 bits per heavy atom. The third kappa shape index (κ3) is 3.36. The molecule has 0 aliphatic carbocycles. The van der Waals surface area contributed by atoms with Crippen molar-refractivity contribution >= 4 is 11.6 Å². The van der Waals surface area contributed by atoms with E-state index in [1.807, 2.05) is 30.3 Å².